The Bertz CT molecular complexity index is 1320. The van der Waals surface area contributed by atoms with Crippen LogP contribution < -0.4 is 9.64 Å². The van der Waals surface area contributed by atoms with Gasteiger partial charge in [0, 0.05) is 37.8 Å². The predicted octanol–water partition coefficient (Wildman–Crippen LogP) is 4.71. The highest BCUT2D eigenvalue weighted by molar-refractivity contribution is 7.89. The second-order valence-electron chi connectivity index (χ2n) is 9.45. The van der Waals surface area contributed by atoms with Gasteiger partial charge in [-0.25, -0.2) is 13.4 Å². The molecule has 1 unspecified atom stereocenters. The highest BCUT2D eigenvalue weighted by Gasteiger charge is 2.29. The van der Waals surface area contributed by atoms with Crippen LogP contribution in [0.25, 0.3) is 10.2 Å². The molecule has 1 atom stereocenters. The summed E-state index contributed by atoms with van der Waals surface area (Å²) in [6.07, 6.45) is 1.91. The minimum atomic E-state index is -3.58. The predicted molar refractivity (Wildman–Crippen MR) is 149 cm³/mol. The highest BCUT2D eigenvalue weighted by Crippen LogP contribution is 2.32. The second kappa shape index (κ2) is 11.9. The Hall–Kier alpha value is -2.53. The Morgan fingerprint density at radius 1 is 1.14 bits per heavy atom. The van der Waals surface area contributed by atoms with Gasteiger partial charge in [0.15, 0.2) is 5.13 Å². The second-order valence-corrected chi connectivity index (χ2v) is 12.4. The Labute approximate surface area is 223 Å². The molecule has 1 saturated heterocycles. The number of sulfonamides is 1. The first kappa shape index (κ1) is 27.5. The first-order valence-corrected chi connectivity index (χ1v) is 15.1. The summed E-state index contributed by atoms with van der Waals surface area (Å²) < 4.78 is 34.2. The van der Waals surface area contributed by atoms with Crippen LogP contribution in [0.15, 0.2) is 47.4 Å². The lowest BCUT2D eigenvalue weighted by atomic mass is 10.0. The zero-order valence-corrected chi connectivity index (χ0v) is 23.6. The molecule has 200 valence electrons. The number of thiazole rings is 1. The average Bonchev–Trinajstić information content (AvgIpc) is 3.34. The minimum absolute atomic E-state index is 0.200. The maximum absolute atomic E-state index is 13.7. The number of carbonyl (C=O) groups is 1. The van der Waals surface area contributed by atoms with Crippen LogP contribution in [0.1, 0.15) is 44.0 Å². The summed E-state index contributed by atoms with van der Waals surface area (Å²) in [5, 5.41) is 0.611. The van der Waals surface area contributed by atoms with Crippen molar-refractivity contribution < 1.29 is 17.9 Å². The summed E-state index contributed by atoms with van der Waals surface area (Å²) in [7, 11) is -1.97. The number of nitrogens with zero attached hydrogens (tertiary/aromatic N) is 4. The Kier molecular flexibility index (Phi) is 8.84. The monoisotopic (exact) mass is 544 g/mol. The quantitative estimate of drug-likeness (QED) is 0.368. The van der Waals surface area contributed by atoms with Gasteiger partial charge >= 0.3 is 0 Å². The van der Waals surface area contributed by atoms with Crippen LogP contribution in [0.5, 0.6) is 5.75 Å². The lowest BCUT2D eigenvalue weighted by molar-refractivity contribution is 0.0983. The number of fused-ring (bicyclic) bond motifs is 1. The number of methoxy groups -OCH3 is 1. The minimum Gasteiger partial charge on any atom is -0.497 e. The van der Waals surface area contributed by atoms with E-state index in [-0.39, 0.29) is 10.8 Å². The molecule has 0 N–H and O–H groups in total. The summed E-state index contributed by atoms with van der Waals surface area (Å²) in [5.41, 5.74) is 1.21. The van der Waals surface area contributed by atoms with Crippen molar-refractivity contribution in [1.29, 1.82) is 0 Å². The lowest BCUT2D eigenvalue weighted by Gasteiger charge is -2.30. The SMILES string of the molecule is CCN(CC)CCN(C(=O)c1ccc(S(=O)(=O)N2CCCC(C)C2)cc1)c1nc2cc(OC)ccc2s1. The van der Waals surface area contributed by atoms with E-state index in [4.69, 9.17) is 9.72 Å². The van der Waals surface area contributed by atoms with E-state index in [2.05, 4.69) is 25.7 Å². The van der Waals surface area contributed by atoms with Gasteiger partial charge in [0.25, 0.3) is 5.91 Å². The summed E-state index contributed by atoms with van der Waals surface area (Å²) in [6, 6.07) is 12.0. The summed E-state index contributed by atoms with van der Waals surface area (Å²) in [4.78, 5) is 22.7. The van der Waals surface area contributed by atoms with E-state index in [1.165, 1.54) is 11.3 Å². The van der Waals surface area contributed by atoms with Gasteiger partial charge in [-0.05, 0) is 68.2 Å². The fraction of sp³-hybridized carbons (Fsp3) is 0.481. The molecular weight excluding hydrogens is 508 g/mol. The van der Waals surface area contributed by atoms with E-state index in [0.717, 1.165) is 36.1 Å². The molecule has 0 radical (unpaired) electrons. The molecular formula is C27H36N4O4S2. The first-order valence-electron chi connectivity index (χ1n) is 12.9. The van der Waals surface area contributed by atoms with Crippen LogP contribution in [-0.4, -0.2) is 74.9 Å². The number of likely N-dealkylation sites (N-methyl/N-ethyl adjacent to an activating group) is 1. The standard InChI is InChI=1S/C27H36N4O4S2/c1-5-29(6-2)16-17-31(27-28-24-18-22(35-4)11-14-25(24)36-27)26(32)21-9-12-23(13-10-21)37(33,34)30-15-7-8-20(3)19-30/h9-14,18,20H,5-8,15-17,19H2,1-4H3. The maximum Gasteiger partial charge on any atom is 0.260 e. The molecule has 10 heteroatoms. The maximum atomic E-state index is 13.7. The Balaban J connectivity index is 1.61. The van der Waals surface area contributed by atoms with Crippen molar-refractivity contribution in [2.75, 3.05) is 51.3 Å². The third-order valence-electron chi connectivity index (χ3n) is 6.95. The molecule has 4 rings (SSSR count). The van der Waals surface area contributed by atoms with Crippen LogP contribution in [0.2, 0.25) is 0 Å². The molecule has 2 heterocycles. The van der Waals surface area contributed by atoms with Crippen molar-refractivity contribution in [2.24, 2.45) is 5.92 Å². The highest BCUT2D eigenvalue weighted by atomic mass is 32.2. The van der Waals surface area contributed by atoms with E-state index in [1.807, 2.05) is 18.2 Å². The molecule has 0 aliphatic carbocycles. The van der Waals surface area contributed by atoms with Crippen LogP contribution in [0, 0.1) is 5.92 Å². The number of hydrogen-bond donors (Lipinski definition) is 0. The van der Waals surface area contributed by atoms with Crippen molar-refractivity contribution in [1.82, 2.24) is 14.2 Å². The third-order valence-corrected chi connectivity index (χ3v) is 9.89. The van der Waals surface area contributed by atoms with E-state index < -0.39 is 10.0 Å². The molecule has 8 nitrogen and oxygen atoms in total. The van der Waals surface area contributed by atoms with Gasteiger partial charge in [-0.2, -0.15) is 4.31 Å². The van der Waals surface area contributed by atoms with E-state index in [9.17, 15) is 13.2 Å². The lowest BCUT2D eigenvalue weighted by Crippen LogP contribution is -2.39. The van der Waals surface area contributed by atoms with E-state index in [1.54, 1.807) is 40.6 Å². The molecule has 37 heavy (non-hydrogen) atoms. The van der Waals surface area contributed by atoms with Crippen LogP contribution in [-0.2, 0) is 10.0 Å². The summed E-state index contributed by atoms with van der Waals surface area (Å²) in [5.74, 6) is 0.858. The van der Waals surface area contributed by atoms with Gasteiger partial charge in [0.2, 0.25) is 10.0 Å². The molecule has 0 bridgehead atoms. The molecule has 1 aliphatic heterocycles. The van der Waals surface area contributed by atoms with Gasteiger partial charge in [0.05, 0.1) is 22.2 Å². The van der Waals surface area contributed by atoms with Crippen LogP contribution in [0.4, 0.5) is 5.13 Å². The number of benzene rings is 2. The number of hydrogen-bond acceptors (Lipinski definition) is 7. The zero-order chi connectivity index (χ0) is 26.6. The van der Waals surface area contributed by atoms with Crippen molar-refractivity contribution in [3.05, 3.63) is 48.0 Å². The van der Waals surface area contributed by atoms with Gasteiger partial charge in [0.1, 0.15) is 5.75 Å². The molecule has 1 amide bonds. The summed E-state index contributed by atoms with van der Waals surface area (Å²) >= 11 is 1.46. The van der Waals surface area contributed by atoms with Crippen molar-refractivity contribution in [3.8, 4) is 5.75 Å². The van der Waals surface area contributed by atoms with Gasteiger partial charge in [-0.3, -0.25) is 9.69 Å². The number of rotatable bonds is 10. The van der Waals surface area contributed by atoms with Crippen molar-refractivity contribution >= 4 is 42.6 Å². The van der Waals surface area contributed by atoms with Crippen LogP contribution >= 0.6 is 11.3 Å². The number of amides is 1. The number of anilines is 1. The molecule has 0 spiro atoms. The van der Waals surface area contributed by atoms with Crippen molar-refractivity contribution in [2.45, 2.75) is 38.5 Å². The topological polar surface area (TPSA) is 83.1 Å². The van der Waals surface area contributed by atoms with E-state index in [0.29, 0.717) is 48.5 Å². The normalized spacial score (nSPS) is 16.8. The zero-order valence-electron chi connectivity index (χ0n) is 22.0. The largest absolute Gasteiger partial charge is 0.497 e. The number of carbonyl (C=O) groups excluding carboxylic acids is 1. The number of aromatic nitrogens is 1. The first-order chi connectivity index (χ1) is 17.8. The molecule has 1 fully saturated rings. The van der Waals surface area contributed by atoms with Gasteiger partial charge < -0.3 is 9.64 Å². The average molecular weight is 545 g/mol. The van der Waals surface area contributed by atoms with Crippen molar-refractivity contribution in [3.63, 3.8) is 0 Å². The fourth-order valence-electron chi connectivity index (χ4n) is 4.64. The summed E-state index contributed by atoms with van der Waals surface area (Å²) in [6.45, 7) is 10.3. The van der Waals surface area contributed by atoms with Crippen LogP contribution in [0.3, 0.4) is 0 Å². The Morgan fingerprint density at radius 3 is 2.51 bits per heavy atom. The van der Waals surface area contributed by atoms with Gasteiger partial charge in [-0.15, -0.1) is 0 Å². The molecule has 1 aromatic heterocycles. The number of piperidine rings is 1. The molecule has 3 aromatic rings. The van der Waals surface area contributed by atoms with E-state index >= 15 is 0 Å². The fourth-order valence-corrected chi connectivity index (χ4v) is 7.21. The molecule has 2 aromatic carbocycles. The molecule has 1 aliphatic rings. The third kappa shape index (κ3) is 6.14. The number of ether oxygens (including phenoxy) is 1. The Morgan fingerprint density at radius 2 is 1.86 bits per heavy atom. The molecule has 0 saturated carbocycles. The van der Waals surface area contributed by atoms with Gasteiger partial charge in [-0.1, -0.05) is 32.1 Å². The smallest absolute Gasteiger partial charge is 0.260 e.